The van der Waals surface area contributed by atoms with Gasteiger partial charge in [-0.3, -0.25) is 14.4 Å². The number of aliphatic imine (C=N–C) groups is 1. The van der Waals surface area contributed by atoms with Crippen LogP contribution in [0.3, 0.4) is 0 Å². The second kappa shape index (κ2) is 14.2. The lowest BCUT2D eigenvalue weighted by Crippen LogP contribution is -2.29. The molecule has 0 radical (unpaired) electrons. The zero-order chi connectivity index (χ0) is 35.0. The highest BCUT2D eigenvalue weighted by Gasteiger charge is 2.39. The van der Waals surface area contributed by atoms with Crippen molar-refractivity contribution in [3.8, 4) is 5.88 Å². The molecule has 4 aromatic heterocycles. The molecular formula is C39H53N7O2S. The Labute approximate surface area is 295 Å². The summed E-state index contributed by atoms with van der Waals surface area (Å²) < 4.78 is 10.2. The van der Waals surface area contributed by atoms with Crippen molar-refractivity contribution >= 4 is 39.3 Å². The van der Waals surface area contributed by atoms with Gasteiger partial charge in [-0.05, 0) is 134 Å². The molecule has 2 aliphatic rings. The van der Waals surface area contributed by atoms with Gasteiger partial charge in [-0.2, -0.15) is 0 Å². The molecule has 4 atom stereocenters. The predicted molar refractivity (Wildman–Crippen MR) is 205 cm³/mol. The van der Waals surface area contributed by atoms with E-state index in [1.807, 2.05) is 44.6 Å². The second-order valence-corrected chi connectivity index (χ2v) is 16.4. The van der Waals surface area contributed by atoms with Gasteiger partial charge in [-0.15, -0.1) is 0 Å². The Morgan fingerprint density at radius 2 is 1.73 bits per heavy atom. The number of ether oxygens (including phenoxy) is 1. The molecule has 0 saturated heterocycles. The van der Waals surface area contributed by atoms with Crippen molar-refractivity contribution in [1.29, 1.82) is 0 Å². The van der Waals surface area contributed by atoms with E-state index in [1.165, 1.54) is 10.9 Å². The van der Waals surface area contributed by atoms with E-state index in [2.05, 4.69) is 87.0 Å². The van der Waals surface area contributed by atoms with Gasteiger partial charge in [-0.1, -0.05) is 18.7 Å². The third-order valence-electron chi connectivity index (χ3n) is 9.64. The third kappa shape index (κ3) is 8.00. The van der Waals surface area contributed by atoms with Crippen LogP contribution in [0.4, 0.5) is 11.4 Å². The molecule has 262 valence electrons. The predicted octanol–water partition coefficient (Wildman–Crippen LogP) is 8.71. The molecule has 5 heterocycles. The molecule has 10 heteroatoms. The highest BCUT2D eigenvalue weighted by molar-refractivity contribution is 8.14. The Hall–Kier alpha value is -3.79. The van der Waals surface area contributed by atoms with Gasteiger partial charge in [0.1, 0.15) is 17.4 Å². The first kappa shape index (κ1) is 35.1. The van der Waals surface area contributed by atoms with E-state index in [1.54, 1.807) is 16.3 Å². The molecule has 9 nitrogen and oxygen atoms in total. The number of thioether (sulfide) groups is 1. The van der Waals surface area contributed by atoms with Crippen LogP contribution < -0.4 is 20.9 Å². The van der Waals surface area contributed by atoms with Crippen LogP contribution in [-0.2, 0) is 0 Å². The minimum atomic E-state index is -0.311. The van der Waals surface area contributed by atoms with Crippen LogP contribution >= 0.6 is 11.8 Å². The van der Waals surface area contributed by atoms with Crippen LogP contribution in [0.5, 0.6) is 5.88 Å². The number of nitrogens with one attached hydrogen (secondary N) is 2. The first-order valence-electron chi connectivity index (χ1n) is 17.9. The summed E-state index contributed by atoms with van der Waals surface area (Å²) in [5.41, 5.74) is 5.86. The Kier molecular flexibility index (Phi) is 10.2. The first-order chi connectivity index (χ1) is 23.3. The molecule has 6 rings (SSSR count). The van der Waals surface area contributed by atoms with Gasteiger partial charge in [-0.25, -0.2) is 9.97 Å². The average molecular weight is 684 g/mol. The molecule has 4 unspecified atom stereocenters. The molecule has 1 fully saturated rings. The Balaban J connectivity index is 1.16. The SMILES string of the molecule is Cc1cnc(OC2CC2)c(NC(C)CCC(C)n2cc(C(C)CC3SC(n4cccc(NC(C)C)c4=O)=NC3(C)C)c3cc(C)cnc32)c1. The van der Waals surface area contributed by atoms with Gasteiger partial charge >= 0.3 is 0 Å². The normalized spacial score (nSPS) is 19.1. The maximum absolute atomic E-state index is 13.3. The third-order valence-corrected chi connectivity index (χ3v) is 11.2. The maximum atomic E-state index is 13.3. The highest BCUT2D eigenvalue weighted by Crippen LogP contribution is 2.43. The van der Waals surface area contributed by atoms with Crippen LogP contribution in [0.15, 0.2) is 58.8 Å². The van der Waals surface area contributed by atoms with Crippen molar-refractivity contribution in [2.75, 3.05) is 10.6 Å². The summed E-state index contributed by atoms with van der Waals surface area (Å²) in [5, 5.41) is 9.18. The summed E-state index contributed by atoms with van der Waals surface area (Å²) in [5.74, 6) is 0.989. The molecule has 49 heavy (non-hydrogen) atoms. The largest absolute Gasteiger partial charge is 0.473 e. The van der Waals surface area contributed by atoms with Gasteiger partial charge in [0.05, 0.1) is 11.2 Å². The lowest BCUT2D eigenvalue weighted by atomic mass is 9.89. The number of hydrogen-bond acceptors (Lipinski definition) is 8. The van der Waals surface area contributed by atoms with Crippen LogP contribution in [0.25, 0.3) is 11.0 Å². The molecule has 0 bridgehead atoms. The number of nitrogens with zero attached hydrogens (tertiary/aromatic N) is 5. The first-order valence-corrected chi connectivity index (χ1v) is 18.8. The number of fused-ring (bicyclic) bond motifs is 1. The van der Waals surface area contributed by atoms with Gasteiger partial charge in [0.2, 0.25) is 5.88 Å². The summed E-state index contributed by atoms with van der Waals surface area (Å²) in [7, 11) is 0. The highest BCUT2D eigenvalue weighted by atomic mass is 32.2. The molecule has 1 aliphatic heterocycles. The zero-order valence-electron chi connectivity index (χ0n) is 30.6. The van der Waals surface area contributed by atoms with Crippen LogP contribution in [0, 0.1) is 13.8 Å². The maximum Gasteiger partial charge on any atom is 0.279 e. The number of rotatable bonds is 13. The van der Waals surface area contributed by atoms with Crippen LogP contribution in [0.2, 0.25) is 0 Å². The van der Waals surface area contributed by atoms with E-state index >= 15 is 0 Å². The summed E-state index contributed by atoms with van der Waals surface area (Å²) in [6, 6.07) is 8.89. The molecular weight excluding hydrogens is 631 g/mol. The lowest BCUT2D eigenvalue weighted by molar-refractivity contribution is 0.292. The van der Waals surface area contributed by atoms with E-state index in [9.17, 15) is 4.79 Å². The van der Waals surface area contributed by atoms with E-state index < -0.39 is 0 Å². The van der Waals surface area contributed by atoms with Crippen molar-refractivity contribution in [3.05, 3.63) is 76.1 Å². The quantitative estimate of drug-likeness (QED) is 0.146. The van der Waals surface area contributed by atoms with E-state index in [0.717, 1.165) is 59.7 Å². The Morgan fingerprint density at radius 3 is 2.47 bits per heavy atom. The van der Waals surface area contributed by atoms with Crippen molar-refractivity contribution in [1.82, 2.24) is 19.1 Å². The summed E-state index contributed by atoms with van der Waals surface area (Å²) in [6.07, 6.45) is 13.5. The van der Waals surface area contributed by atoms with Gasteiger partial charge < -0.3 is 19.9 Å². The molecule has 0 amide bonds. The summed E-state index contributed by atoms with van der Waals surface area (Å²) >= 11 is 1.72. The molecule has 0 aromatic carbocycles. The minimum absolute atomic E-state index is 0.0577. The van der Waals surface area contributed by atoms with Crippen molar-refractivity contribution in [2.45, 2.75) is 135 Å². The van der Waals surface area contributed by atoms with Crippen molar-refractivity contribution in [2.24, 2.45) is 4.99 Å². The van der Waals surface area contributed by atoms with Gasteiger partial charge in [0.25, 0.3) is 5.56 Å². The number of aryl methyl sites for hydroxylation is 2. The number of hydrogen-bond donors (Lipinski definition) is 2. The van der Waals surface area contributed by atoms with E-state index in [4.69, 9.17) is 14.7 Å². The molecule has 0 spiro atoms. The minimum Gasteiger partial charge on any atom is -0.473 e. The number of aromatic nitrogens is 4. The molecule has 1 aliphatic carbocycles. The standard InChI is InChI=1S/C39H53N7O2S/c1-23(2)42-32-11-10-16-45(37(32)47)38-44-39(8,9)34(49-38)19-26(5)31-22-46(35-30(31)17-24(3)20-40-35)28(7)13-12-27(6)43-33-18-25(4)21-41-36(33)48-29-14-15-29/h10-11,16-18,20-23,26-29,34,42-43H,12-15,19H2,1-9H3. The molecule has 1 saturated carbocycles. The number of pyridine rings is 3. The number of anilines is 2. The average Bonchev–Trinajstić information content (AvgIpc) is 3.70. The fourth-order valence-corrected chi connectivity index (χ4v) is 8.16. The van der Waals surface area contributed by atoms with Crippen LogP contribution in [0.1, 0.15) is 109 Å². The van der Waals surface area contributed by atoms with Gasteiger partial charge in [0, 0.05) is 53.5 Å². The van der Waals surface area contributed by atoms with Crippen molar-refractivity contribution in [3.63, 3.8) is 0 Å². The monoisotopic (exact) mass is 683 g/mol. The fourth-order valence-electron chi connectivity index (χ4n) is 6.63. The summed E-state index contributed by atoms with van der Waals surface area (Å²) in [6.45, 7) is 19.5. The van der Waals surface area contributed by atoms with Crippen LogP contribution in [-0.4, -0.2) is 53.2 Å². The lowest BCUT2D eigenvalue weighted by Gasteiger charge is -2.26. The van der Waals surface area contributed by atoms with Gasteiger partial charge in [0.15, 0.2) is 5.17 Å². The topological polar surface area (TPSA) is 98.4 Å². The Bertz CT molecular complexity index is 1890. The molecule has 4 aromatic rings. The van der Waals surface area contributed by atoms with Crippen molar-refractivity contribution < 1.29 is 4.74 Å². The second-order valence-electron chi connectivity index (χ2n) is 15.2. The molecule has 2 N–H and O–H groups in total. The fraction of sp³-hybridized carbons (Fsp3) is 0.538. The zero-order valence-corrected chi connectivity index (χ0v) is 31.4. The smallest absolute Gasteiger partial charge is 0.279 e. The van der Waals surface area contributed by atoms with E-state index in [0.29, 0.717) is 17.7 Å². The summed E-state index contributed by atoms with van der Waals surface area (Å²) in [4.78, 5) is 28.0. The Morgan fingerprint density at radius 1 is 1.00 bits per heavy atom. The van der Waals surface area contributed by atoms with E-state index in [-0.39, 0.29) is 40.4 Å².